The molecule has 1 fully saturated rings. The van der Waals surface area contributed by atoms with Crippen LogP contribution in [0.4, 0.5) is 0 Å². The summed E-state index contributed by atoms with van der Waals surface area (Å²) < 4.78 is 3.16. The molecule has 0 heterocycles. The molecule has 0 aromatic heterocycles. The number of allylic oxidation sites excluding steroid dienone is 4. The molecule has 2 rings (SSSR count). The third-order valence-electron chi connectivity index (χ3n) is 4.10. The summed E-state index contributed by atoms with van der Waals surface area (Å²) in [6.45, 7) is 5.14. The highest BCUT2D eigenvalue weighted by molar-refractivity contribution is 7.78. The van der Waals surface area contributed by atoms with Crippen LogP contribution in [0.15, 0.2) is 23.8 Å². The first kappa shape index (κ1) is 17.8. The second kappa shape index (κ2) is 11.4. The molecule has 2 N–H and O–H groups in total. The quantitative estimate of drug-likeness (QED) is 0.384. The Kier molecular flexibility index (Phi) is 10.2. The second-order valence-corrected chi connectivity index (χ2v) is 5.72. The molecule has 0 radical (unpaired) electrons. The van der Waals surface area contributed by atoms with Crippen LogP contribution >= 0.6 is 12.8 Å². The Bertz CT molecular complexity index is 299. The van der Waals surface area contributed by atoms with E-state index >= 15 is 0 Å². The Morgan fingerprint density at radius 2 is 1.90 bits per heavy atom. The van der Waals surface area contributed by atoms with Crippen molar-refractivity contribution in [3.8, 4) is 0 Å². The number of hydrogen-bond donors (Lipinski definition) is 3. The highest BCUT2D eigenvalue weighted by Gasteiger charge is 2.22. The predicted molar refractivity (Wildman–Crippen MR) is 93.2 cm³/mol. The van der Waals surface area contributed by atoms with E-state index < -0.39 is 0 Å². The van der Waals surface area contributed by atoms with Gasteiger partial charge in [-0.05, 0) is 45.1 Å². The van der Waals surface area contributed by atoms with Gasteiger partial charge in [-0.3, -0.25) is 4.72 Å². The summed E-state index contributed by atoms with van der Waals surface area (Å²) in [4.78, 5) is 0. The lowest BCUT2D eigenvalue weighted by Crippen LogP contribution is -2.47. The van der Waals surface area contributed by atoms with Gasteiger partial charge >= 0.3 is 0 Å². The SMILES string of the molecule is CC.SNC1CCCCC1NCCCC1=CCC=CC1. The zero-order valence-corrected chi connectivity index (χ0v) is 14.1. The van der Waals surface area contributed by atoms with Crippen LogP contribution in [-0.4, -0.2) is 18.6 Å². The van der Waals surface area contributed by atoms with Crippen molar-refractivity contribution in [2.24, 2.45) is 0 Å². The van der Waals surface area contributed by atoms with Crippen LogP contribution in [0.3, 0.4) is 0 Å². The minimum Gasteiger partial charge on any atom is -0.312 e. The fourth-order valence-electron chi connectivity index (χ4n) is 2.99. The van der Waals surface area contributed by atoms with Gasteiger partial charge in [0.1, 0.15) is 0 Å². The first-order valence-electron chi connectivity index (χ1n) is 8.36. The summed E-state index contributed by atoms with van der Waals surface area (Å²) in [5.41, 5.74) is 1.62. The average Bonchev–Trinajstić information content (AvgIpc) is 2.55. The molecular weight excluding hydrogens is 264 g/mol. The zero-order valence-electron chi connectivity index (χ0n) is 13.2. The summed E-state index contributed by atoms with van der Waals surface area (Å²) in [7, 11) is 0. The first-order valence-corrected chi connectivity index (χ1v) is 8.81. The largest absolute Gasteiger partial charge is 0.312 e. The highest BCUT2D eigenvalue weighted by Crippen LogP contribution is 2.20. The van der Waals surface area contributed by atoms with E-state index in [4.69, 9.17) is 0 Å². The Hall–Kier alpha value is -0.250. The van der Waals surface area contributed by atoms with E-state index in [1.165, 1.54) is 44.9 Å². The molecule has 1 saturated carbocycles. The molecule has 0 aromatic rings. The van der Waals surface area contributed by atoms with E-state index in [9.17, 15) is 0 Å². The molecule has 2 nitrogen and oxygen atoms in total. The van der Waals surface area contributed by atoms with Crippen molar-refractivity contribution in [3.63, 3.8) is 0 Å². The molecule has 20 heavy (non-hydrogen) atoms. The molecule has 2 atom stereocenters. The van der Waals surface area contributed by atoms with Gasteiger partial charge in [0, 0.05) is 12.1 Å². The molecule has 0 spiro atoms. The second-order valence-electron chi connectivity index (χ2n) is 5.46. The van der Waals surface area contributed by atoms with Gasteiger partial charge < -0.3 is 5.32 Å². The van der Waals surface area contributed by atoms with E-state index in [-0.39, 0.29) is 0 Å². The van der Waals surface area contributed by atoms with Crippen LogP contribution in [0.5, 0.6) is 0 Å². The third kappa shape index (κ3) is 6.47. The Morgan fingerprint density at radius 3 is 2.55 bits per heavy atom. The molecule has 0 saturated heterocycles. The third-order valence-corrected chi connectivity index (χ3v) is 4.43. The van der Waals surface area contributed by atoms with Crippen LogP contribution in [0, 0.1) is 0 Å². The Morgan fingerprint density at radius 1 is 1.15 bits per heavy atom. The lowest BCUT2D eigenvalue weighted by Gasteiger charge is -2.31. The molecule has 2 aliphatic carbocycles. The maximum Gasteiger partial charge on any atom is 0.0323 e. The van der Waals surface area contributed by atoms with Crippen molar-refractivity contribution in [3.05, 3.63) is 23.8 Å². The maximum absolute atomic E-state index is 4.24. The Balaban J connectivity index is 0.000000956. The summed E-state index contributed by atoms with van der Waals surface area (Å²) in [5, 5.41) is 3.71. The number of thiol groups is 1. The van der Waals surface area contributed by atoms with Crippen LogP contribution < -0.4 is 10.0 Å². The summed E-state index contributed by atoms with van der Waals surface area (Å²) in [5.74, 6) is 0. The molecule has 0 aliphatic heterocycles. The highest BCUT2D eigenvalue weighted by atomic mass is 32.1. The van der Waals surface area contributed by atoms with Crippen molar-refractivity contribution in [2.75, 3.05) is 6.54 Å². The van der Waals surface area contributed by atoms with Gasteiger partial charge in [-0.1, -0.05) is 63.3 Å². The van der Waals surface area contributed by atoms with Gasteiger partial charge in [0.2, 0.25) is 0 Å². The van der Waals surface area contributed by atoms with Crippen molar-refractivity contribution < 1.29 is 0 Å². The molecule has 2 aliphatic rings. The smallest absolute Gasteiger partial charge is 0.0323 e. The van der Waals surface area contributed by atoms with Crippen LogP contribution in [-0.2, 0) is 0 Å². The average molecular weight is 297 g/mol. The minimum absolute atomic E-state index is 0.555. The fourth-order valence-corrected chi connectivity index (χ4v) is 3.29. The Labute approximate surface area is 131 Å². The van der Waals surface area contributed by atoms with Crippen molar-refractivity contribution >= 4 is 12.8 Å². The van der Waals surface area contributed by atoms with Gasteiger partial charge in [0.15, 0.2) is 0 Å². The lowest BCUT2D eigenvalue weighted by atomic mass is 9.91. The van der Waals surface area contributed by atoms with E-state index in [1.54, 1.807) is 5.57 Å². The van der Waals surface area contributed by atoms with Crippen molar-refractivity contribution in [2.45, 2.75) is 77.3 Å². The topological polar surface area (TPSA) is 24.1 Å². The molecule has 116 valence electrons. The van der Waals surface area contributed by atoms with Gasteiger partial charge in [0.25, 0.3) is 0 Å². The summed E-state index contributed by atoms with van der Waals surface area (Å²) in [6.07, 6.45) is 17.0. The van der Waals surface area contributed by atoms with E-state index in [0.29, 0.717) is 12.1 Å². The molecule has 3 heteroatoms. The molecule has 0 aromatic carbocycles. The van der Waals surface area contributed by atoms with Crippen molar-refractivity contribution in [1.29, 1.82) is 0 Å². The van der Waals surface area contributed by atoms with Gasteiger partial charge in [-0.25, -0.2) is 0 Å². The molecule has 0 amide bonds. The first-order chi connectivity index (χ1) is 9.90. The molecular formula is C17H32N2S. The van der Waals surface area contributed by atoms with Gasteiger partial charge in [0.05, 0.1) is 0 Å². The summed E-state index contributed by atoms with van der Waals surface area (Å²) >= 11 is 4.24. The number of nitrogens with one attached hydrogen (secondary N) is 2. The standard InChI is InChI=1S/C15H26N2S.C2H6/c18-17-15-11-5-4-10-14(15)16-12-6-9-13-7-2-1-3-8-13;1-2/h1-2,8,14-18H,3-7,9-12H2;1-2H3. The van der Waals surface area contributed by atoms with Crippen LogP contribution in [0.2, 0.25) is 0 Å². The molecule has 2 unspecified atom stereocenters. The van der Waals surface area contributed by atoms with Gasteiger partial charge in [-0.15, -0.1) is 0 Å². The van der Waals surface area contributed by atoms with Gasteiger partial charge in [-0.2, -0.15) is 0 Å². The summed E-state index contributed by atoms with van der Waals surface area (Å²) in [6, 6.07) is 1.18. The normalized spacial score (nSPS) is 25.6. The van der Waals surface area contributed by atoms with Crippen molar-refractivity contribution in [1.82, 2.24) is 10.0 Å². The predicted octanol–water partition coefficient (Wildman–Crippen LogP) is 4.40. The number of hydrogen-bond acceptors (Lipinski definition) is 3. The fraction of sp³-hybridized carbons (Fsp3) is 0.765. The zero-order chi connectivity index (χ0) is 14.6. The number of rotatable bonds is 6. The van der Waals surface area contributed by atoms with Crippen LogP contribution in [0.25, 0.3) is 0 Å². The van der Waals surface area contributed by atoms with E-state index in [1.807, 2.05) is 13.8 Å². The molecule has 0 bridgehead atoms. The van der Waals surface area contributed by atoms with Crippen LogP contribution in [0.1, 0.15) is 65.2 Å². The van der Waals surface area contributed by atoms with E-state index in [2.05, 4.69) is 41.1 Å². The monoisotopic (exact) mass is 296 g/mol. The van der Waals surface area contributed by atoms with E-state index in [0.717, 1.165) is 13.0 Å². The minimum atomic E-state index is 0.555. The lowest BCUT2D eigenvalue weighted by molar-refractivity contribution is 0.315. The maximum atomic E-state index is 4.24.